The first kappa shape index (κ1) is 61.4. The predicted molar refractivity (Wildman–Crippen MR) is 274 cm³/mol. The SMILES string of the molecule is CC/C=C\C/C=C\C/C=C\C/C=C\C/C=C\C/C=C\C/C=C\C/C=C\C/C=C\CCCCCC(=O)OC(COC(=O)CCCCCCC/C=C\CCCCCC)COP(=O)(O)OCCN. The smallest absolute Gasteiger partial charge is 0.462 e. The number of hydrogen-bond donors (Lipinski definition) is 2. The Morgan fingerprint density at radius 2 is 0.846 bits per heavy atom. The number of rotatable bonds is 45. The molecule has 10 heteroatoms. The Hall–Kier alpha value is -3.59. The van der Waals surface area contributed by atoms with Gasteiger partial charge >= 0.3 is 19.8 Å². The van der Waals surface area contributed by atoms with Crippen molar-refractivity contribution in [1.82, 2.24) is 0 Å². The van der Waals surface area contributed by atoms with E-state index in [1.54, 1.807) is 0 Å². The van der Waals surface area contributed by atoms with E-state index in [4.69, 9.17) is 24.3 Å². The topological polar surface area (TPSA) is 134 Å². The summed E-state index contributed by atoms with van der Waals surface area (Å²) in [7, 11) is -4.40. The summed E-state index contributed by atoms with van der Waals surface area (Å²) in [5.74, 6) is -0.889. The molecule has 0 rings (SSSR count). The van der Waals surface area contributed by atoms with Crippen molar-refractivity contribution in [2.24, 2.45) is 5.73 Å². The molecule has 0 radical (unpaired) electrons. The van der Waals surface area contributed by atoms with Crippen LogP contribution in [0.5, 0.6) is 0 Å². The van der Waals surface area contributed by atoms with Gasteiger partial charge in [0.25, 0.3) is 0 Å². The molecular weight excluding hydrogens is 834 g/mol. The summed E-state index contributed by atoms with van der Waals surface area (Å²) in [6.45, 7) is 3.53. The number of esters is 2. The van der Waals surface area contributed by atoms with Gasteiger partial charge in [-0.05, 0) is 109 Å². The molecule has 0 saturated carbocycles. The Kier molecular flexibility index (Phi) is 47.1. The molecule has 0 aromatic heterocycles. The molecule has 0 aromatic rings. The van der Waals surface area contributed by atoms with Gasteiger partial charge in [0, 0.05) is 19.4 Å². The minimum absolute atomic E-state index is 0.0398. The lowest BCUT2D eigenvalue weighted by Crippen LogP contribution is -2.29. The van der Waals surface area contributed by atoms with Crippen LogP contribution in [0.2, 0.25) is 0 Å². The second kappa shape index (κ2) is 49.8. The molecule has 0 saturated heterocycles. The number of carbonyl (C=O) groups excluding carboxylic acids is 2. The lowest BCUT2D eigenvalue weighted by atomic mass is 10.1. The first-order chi connectivity index (χ1) is 31.8. The lowest BCUT2D eigenvalue weighted by Gasteiger charge is -2.19. The van der Waals surface area contributed by atoms with Gasteiger partial charge in [0.05, 0.1) is 13.2 Å². The molecule has 0 heterocycles. The molecule has 0 aliphatic heterocycles. The van der Waals surface area contributed by atoms with Crippen LogP contribution >= 0.6 is 7.82 Å². The number of nitrogens with two attached hydrogens (primary N) is 1. The number of hydrogen-bond acceptors (Lipinski definition) is 8. The van der Waals surface area contributed by atoms with Crippen LogP contribution in [0.1, 0.15) is 181 Å². The Balaban J connectivity index is 4.16. The van der Waals surface area contributed by atoms with Crippen molar-refractivity contribution < 1.29 is 37.6 Å². The van der Waals surface area contributed by atoms with Crippen LogP contribution in [0.4, 0.5) is 0 Å². The monoisotopic (exact) mass is 924 g/mol. The number of carbonyl (C=O) groups is 2. The largest absolute Gasteiger partial charge is 0.472 e. The third-order valence-electron chi connectivity index (χ3n) is 9.83. The number of ether oxygens (including phenoxy) is 2. The van der Waals surface area contributed by atoms with E-state index in [0.29, 0.717) is 12.8 Å². The molecule has 0 aliphatic rings. The van der Waals surface area contributed by atoms with Crippen molar-refractivity contribution in [1.29, 1.82) is 0 Å². The van der Waals surface area contributed by atoms with Crippen molar-refractivity contribution in [2.45, 2.75) is 187 Å². The zero-order valence-electron chi connectivity index (χ0n) is 40.7. The van der Waals surface area contributed by atoms with Crippen LogP contribution < -0.4 is 5.73 Å². The zero-order valence-corrected chi connectivity index (χ0v) is 41.6. The van der Waals surface area contributed by atoms with Crippen LogP contribution in [-0.4, -0.2) is 49.3 Å². The normalized spacial score (nSPS) is 14.2. The maximum Gasteiger partial charge on any atom is 0.472 e. The molecule has 0 spiro atoms. The Morgan fingerprint density at radius 1 is 0.477 bits per heavy atom. The van der Waals surface area contributed by atoms with Crippen molar-refractivity contribution in [3.63, 3.8) is 0 Å². The third-order valence-corrected chi connectivity index (χ3v) is 10.8. The summed E-state index contributed by atoms with van der Waals surface area (Å²) >= 11 is 0. The van der Waals surface area contributed by atoms with E-state index in [0.717, 1.165) is 109 Å². The van der Waals surface area contributed by atoms with Crippen LogP contribution in [0.25, 0.3) is 0 Å². The Labute approximate surface area is 396 Å². The van der Waals surface area contributed by atoms with Gasteiger partial charge in [-0.15, -0.1) is 0 Å². The molecule has 368 valence electrons. The van der Waals surface area contributed by atoms with E-state index >= 15 is 0 Å². The maximum atomic E-state index is 12.6. The van der Waals surface area contributed by atoms with Gasteiger partial charge in [0.2, 0.25) is 0 Å². The number of unbranched alkanes of at least 4 members (excludes halogenated alkanes) is 12. The summed E-state index contributed by atoms with van der Waals surface area (Å²) in [4.78, 5) is 34.9. The van der Waals surface area contributed by atoms with Gasteiger partial charge in [0.15, 0.2) is 6.10 Å². The summed E-state index contributed by atoms with van der Waals surface area (Å²) in [5, 5.41) is 0. The zero-order chi connectivity index (χ0) is 47.4. The van der Waals surface area contributed by atoms with E-state index in [1.165, 1.54) is 32.1 Å². The molecule has 3 N–H and O–H groups in total. The maximum absolute atomic E-state index is 12.6. The second-order valence-electron chi connectivity index (χ2n) is 15.9. The van der Waals surface area contributed by atoms with Crippen molar-refractivity contribution in [3.05, 3.63) is 122 Å². The second-order valence-corrected chi connectivity index (χ2v) is 17.4. The fourth-order valence-electron chi connectivity index (χ4n) is 6.15. The van der Waals surface area contributed by atoms with Crippen LogP contribution in [-0.2, 0) is 32.7 Å². The van der Waals surface area contributed by atoms with Crippen molar-refractivity contribution in [2.75, 3.05) is 26.4 Å². The number of phosphoric ester groups is 1. The van der Waals surface area contributed by atoms with Gasteiger partial charge in [-0.3, -0.25) is 18.6 Å². The summed E-state index contributed by atoms with van der Waals surface area (Å²) in [5.41, 5.74) is 5.35. The fourth-order valence-corrected chi connectivity index (χ4v) is 6.91. The summed E-state index contributed by atoms with van der Waals surface area (Å²) in [6.07, 6.45) is 68.1. The molecule has 2 unspecified atom stereocenters. The molecule has 0 fully saturated rings. The summed E-state index contributed by atoms with van der Waals surface area (Å²) < 4.78 is 32.8. The highest BCUT2D eigenvalue weighted by Crippen LogP contribution is 2.43. The highest BCUT2D eigenvalue weighted by atomic mass is 31.2. The highest BCUT2D eigenvalue weighted by Gasteiger charge is 2.26. The number of allylic oxidation sites excluding steroid dienone is 20. The fraction of sp³-hybridized carbons (Fsp3) is 0.600. The van der Waals surface area contributed by atoms with E-state index < -0.39 is 32.5 Å². The van der Waals surface area contributed by atoms with Crippen molar-refractivity contribution >= 4 is 19.8 Å². The van der Waals surface area contributed by atoms with E-state index in [9.17, 15) is 19.0 Å². The average molecular weight is 924 g/mol. The summed E-state index contributed by atoms with van der Waals surface area (Å²) in [6, 6.07) is 0. The van der Waals surface area contributed by atoms with E-state index in [1.807, 2.05) is 0 Å². The minimum Gasteiger partial charge on any atom is -0.462 e. The minimum atomic E-state index is -4.40. The van der Waals surface area contributed by atoms with Gasteiger partial charge in [-0.1, -0.05) is 180 Å². The molecule has 65 heavy (non-hydrogen) atoms. The van der Waals surface area contributed by atoms with E-state index in [2.05, 4.69) is 135 Å². The van der Waals surface area contributed by atoms with Crippen molar-refractivity contribution in [3.8, 4) is 0 Å². The first-order valence-electron chi connectivity index (χ1n) is 25.0. The molecule has 0 amide bonds. The van der Waals surface area contributed by atoms with Crippen LogP contribution in [0.15, 0.2) is 122 Å². The van der Waals surface area contributed by atoms with Gasteiger partial charge in [0.1, 0.15) is 6.61 Å². The predicted octanol–water partition coefficient (Wildman–Crippen LogP) is 15.3. The number of phosphoric acid groups is 1. The molecule has 0 aromatic carbocycles. The quantitative estimate of drug-likeness (QED) is 0.0265. The van der Waals surface area contributed by atoms with Gasteiger partial charge in [-0.25, -0.2) is 4.57 Å². The molecule has 9 nitrogen and oxygen atoms in total. The lowest BCUT2D eigenvalue weighted by molar-refractivity contribution is -0.161. The van der Waals surface area contributed by atoms with Crippen LogP contribution in [0.3, 0.4) is 0 Å². The highest BCUT2D eigenvalue weighted by molar-refractivity contribution is 7.47. The van der Waals surface area contributed by atoms with Crippen LogP contribution in [0, 0.1) is 0 Å². The molecule has 0 bridgehead atoms. The third kappa shape index (κ3) is 49.7. The van der Waals surface area contributed by atoms with Gasteiger partial charge < -0.3 is 20.1 Å². The Bertz CT molecular complexity index is 1470. The standard InChI is InChI=1S/C55H90NO8P/c1-3-5-7-9-11-13-15-17-18-19-20-21-22-23-24-25-26-27-28-29-30-31-32-33-34-36-38-40-42-44-46-48-55(58)64-53(52-63-65(59,60)62-50-49-56)51-61-54(57)47-45-43-41-39-37-35-16-14-12-10-8-6-4-2/h5,7,11,13-14,16-18,20-21,23-24,26-27,29-30,32-33,36,38,53H,3-4,6,8-10,12,15,19,22,25,28,31,34-35,37,39-52,56H2,1-2H3,(H,59,60)/b7-5-,13-11-,16-14-,18-17-,21-20-,24-23-,27-26-,30-29-,33-32-,38-36-. The molecule has 2 atom stereocenters. The molecular formula is C55H90NO8P. The van der Waals surface area contributed by atoms with E-state index in [-0.39, 0.29) is 32.6 Å². The van der Waals surface area contributed by atoms with Gasteiger partial charge in [-0.2, -0.15) is 0 Å². The average Bonchev–Trinajstić information content (AvgIpc) is 3.30. The first-order valence-corrected chi connectivity index (χ1v) is 26.5. The molecule has 0 aliphatic carbocycles. The Morgan fingerprint density at radius 3 is 1.29 bits per heavy atom.